The topological polar surface area (TPSA) is 117 Å². The molecule has 2 unspecified atom stereocenters. The Bertz CT molecular complexity index is 1330. The van der Waals surface area contributed by atoms with Crippen molar-refractivity contribution in [3.8, 4) is 22.6 Å². The van der Waals surface area contributed by atoms with Crippen LogP contribution in [0.1, 0.15) is 12.5 Å². The second-order valence-corrected chi connectivity index (χ2v) is 10.0. The second kappa shape index (κ2) is 10.8. The second-order valence-electron chi connectivity index (χ2n) is 8.36. The van der Waals surface area contributed by atoms with Crippen molar-refractivity contribution in [1.82, 2.24) is 4.72 Å². The molecule has 0 fully saturated rings. The van der Waals surface area contributed by atoms with Gasteiger partial charge in [0.15, 0.2) is 5.76 Å². The highest BCUT2D eigenvalue weighted by molar-refractivity contribution is 7.90. The van der Waals surface area contributed by atoms with Gasteiger partial charge in [0.05, 0.1) is 24.5 Å². The maximum Gasteiger partial charge on any atom is 0.299 e. The minimum Gasteiger partial charge on any atom is -0.497 e. The summed E-state index contributed by atoms with van der Waals surface area (Å²) in [6.45, 7) is 2.37. The zero-order valence-electron chi connectivity index (χ0n) is 20.0. The molecule has 36 heavy (non-hydrogen) atoms. The van der Waals surface area contributed by atoms with Gasteiger partial charge in [-0.1, -0.05) is 36.4 Å². The summed E-state index contributed by atoms with van der Waals surface area (Å²) in [6, 6.07) is 21.5. The fourth-order valence-electron chi connectivity index (χ4n) is 3.73. The summed E-state index contributed by atoms with van der Waals surface area (Å²) in [4.78, 5) is 12.6. The zero-order valence-corrected chi connectivity index (χ0v) is 20.8. The third kappa shape index (κ3) is 5.87. The van der Waals surface area contributed by atoms with Crippen LogP contribution < -0.4 is 19.9 Å². The first-order valence-corrected chi connectivity index (χ1v) is 12.9. The van der Waals surface area contributed by atoms with Gasteiger partial charge >= 0.3 is 0 Å². The van der Waals surface area contributed by atoms with Crippen LogP contribution in [0.25, 0.3) is 11.1 Å². The molecule has 4 rings (SSSR count). The zero-order chi connectivity index (χ0) is 25.7. The van der Waals surface area contributed by atoms with Crippen molar-refractivity contribution in [2.75, 3.05) is 13.7 Å². The normalized spacial score (nSPS) is 17.1. The summed E-state index contributed by atoms with van der Waals surface area (Å²) in [5.74, 6) is 0.378. The average molecular weight is 509 g/mol. The van der Waals surface area contributed by atoms with Gasteiger partial charge in [0.1, 0.15) is 17.6 Å². The molecule has 0 saturated heterocycles. The highest BCUT2D eigenvalue weighted by Gasteiger charge is 2.31. The van der Waals surface area contributed by atoms with Crippen LogP contribution in [0.2, 0.25) is 0 Å². The third-order valence-corrected chi connectivity index (χ3v) is 7.27. The molecule has 1 amide bonds. The lowest BCUT2D eigenvalue weighted by Crippen LogP contribution is -2.32. The summed E-state index contributed by atoms with van der Waals surface area (Å²) in [5, 5.41) is 0. The number of nitrogens with one attached hydrogen (secondary N) is 1. The fraction of sp³-hybridized carbons (Fsp3) is 0.222. The Hall–Kier alpha value is -3.82. The molecule has 9 heteroatoms. The number of carbonyl (C=O) groups is 1. The molecule has 3 N–H and O–H groups in total. The summed E-state index contributed by atoms with van der Waals surface area (Å²) < 4.78 is 43.9. The van der Waals surface area contributed by atoms with E-state index in [4.69, 9.17) is 19.9 Å². The van der Waals surface area contributed by atoms with Crippen molar-refractivity contribution < 1.29 is 27.4 Å². The van der Waals surface area contributed by atoms with E-state index in [0.29, 0.717) is 12.3 Å². The molecule has 0 bridgehead atoms. The van der Waals surface area contributed by atoms with E-state index in [2.05, 4.69) is 4.72 Å². The van der Waals surface area contributed by atoms with Gasteiger partial charge in [-0.25, -0.2) is 13.1 Å². The number of rotatable bonds is 9. The van der Waals surface area contributed by atoms with E-state index in [9.17, 15) is 13.2 Å². The Balaban J connectivity index is 1.35. The van der Waals surface area contributed by atoms with Crippen LogP contribution in [-0.4, -0.2) is 34.1 Å². The maximum absolute atomic E-state index is 12.6. The molecule has 0 radical (unpaired) electrons. The van der Waals surface area contributed by atoms with Gasteiger partial charge in [-0.3, -0.25) is 4.79 Å². The number of benzene rings is 3. The largest absolute Gasteiger partial charge is 0.497 e. The van der Waals surface area contributed by atoms with Crippen molar-refractivity contribution in [3.05, 3.63) is 90.2 Å². The number of hydrogen-bond acceptors (Lipinski definition) is 7. The monoisotopic (exact) mass is 508 g/mol. The van der Waals surface area contributed by atoms with Gasteiger partial charge in [-0.15, -0.1) is 0 Å². The Morgan fingerprint density at radius 3 is 2.08 bits per heavy atom. The number of sulfonamides is 1. The van der Waals surface area contributed by atoms with Crippen LogP contribution in [0.4, 0.5) is 0 Å². The van der Waals surface area contributed by atoms with E-state index in [1.54, 1.807) is 32.2 Å². The number of carbonyl (C=O) groups excluding carboxylic acids is 1. The minimum absolute atomic E-state index is 0.0299. The van der Waals surface area contributed by atoms with Crippen molar-refractivity contribution >= 4 is 15.9 Å². The molecule has 0 aliphatic carbocycles. The van der Waals surface area contributed by atoms with Gasteiger partial charge in [0.25, 0.3) is 15.9 Å². The van der Waals surface area contributed by atoms with E-state index in [-0.39, 0.29) is 29.3 Å². The molecule has 2 atom stereocenters. The van der Waals surface area contributed by atoms with Crippen LogP contribution >= 0.6 is 0 Å². The first-order chi connectivity index (χ1) is 17.3. The predicted octanol–water partition coefficient (Wildman–Crippen LogP) is 3.62. The van der Waals surface area contributed by atoms with Crippen LogP contribution in [0.3, 0.4) is 0 Å². The Morgan fingerprint density at radius 2 is 1.53 bits per heavy atom. The van der Waals surface area contributed by atoms with Crippen molar-refractivity contribution in [1.29, 1.82) is 0 Å². The molecule has 8 nitrogen and oxygen atoms in total. The molecule has 1 aliphatic rings. The summed E-state index contributed by atoms with van der Waals surface area (Å²) in [7, 11) is -2.41. The van der Waals surface area contributed by atoms with Crippen LogP contribution in [0.15, 0.2) is 89.5 Å². The Kier molecular flexibility index (Phi) is 7.61. The van der Waals surface area contributed by atoms with E-state index in [1.807, 2.05) is 48.5 Å². The molecule has 3 aromatic rings. The molecule has 188 valence electrons. The smallest absolute Gasteiger partial charge is 0.299 e. The average Bonchev–Trinajstić information content (AvgIpc) is 3.28. The van der Waals surface area contributed by atoms with Crippen molar-refractivity contribution in [2.24, 2.45) is 11.7 Å². The first-order valence-electron chi connectivity index (χ1n) is 11.4. The summed E-state index contributed by atoms with van der Waals surface area (Å²) in [6.07, 6.45) is 1.24. The molecule has 3 aromatic carbocycles. The van der Waals surface area contributed by atoms with Gasteiger partial charge in [-0.2, -0.15) is 0 Å². The SMILES string of the molecule is COc1ccc(-c2ccc(OCC3C=C(C(=O)NS(=O)(=O)c4ccc(CN)cc4)OC3C)cc2)cc1. The minimum atomic E-state index is -4.04. The Morgan fingerprint density at radius 1 is 0.944 bits per heavy atom. The number of hydrogen-bond donors (Lipinski definition) is 2. The molecule has 1 heterocycles. The van der Waals surface area contributed by atoms with Gasteiger partial charge < -0.3 is 19.9 Å². The lowest BCUT2D eigenvalue weighted by Gasteiger charge is -2.15. The van der Waals surface area contributed by atoms with E-state index in [1.165, 1.54) is 12.1 Å². The van der Waals surface area contributed by atoms with Crippen LogP contribution in [-0.2, 0) is 26.1 Å². The van der Waals surface area contributed by atoms with E-state index >= 15 is 0 Å². The third-order valence-electron chi connectivity index (χ3n) is 5.92. The van der Waals surface area contributed by atoms with E-state index < -0.39 is 15.9 Å². The molecular weight excluding hydrogens is 480 g/mol. The Labute approximate surface area is 210 Å². The van der Waals surface area contributed by atoms with Gasteiger partial charge in [-0.05, 0) is 66.1 Å². The fourth-order valence-corrected chi connectivity index (χ4v) is 4.68. The van der Waals surface area contributed by atoms with Gasteiger partial charge in [0.2, 0.25) is 0 Å². The number of methoxy groups -OCH3 is 1. The predicted molar refractivity (Wildman–Crippen MR) is 136 cm³/mol. The number of amides is 1. The first kappa shape index (κ1) is 25.3. The lowest BCUT2D eigenvalue weighted by atomic mass is 10.1. The molecule has 1 aliphatic heterocycles. The standard InChI is InChI=1S/C27H28N2O6S/c1-18-22(17-34-24-11-7-21(8-12-24)20-5-9-23(33-2)10-6-20)15-26(35-18)27(30)29-36(31,32)25-13-3-19(16-28)4-14-25/h3-15,18,22H,16-17,28H2,1-2H3,(H,29,30). The van der Waals surface area contributed by atoms with Crippen molar-refractivity contribution in [3.63, 3.8) is 0 Å². The van der Waals surface area contributed by atoms with Crippen LogP contribution in [0, 0.1) is 5.92 Å². The van der Waals surface area contributed by atoms with Crippen LogP contribution in [0.5, 0.6) is 11.5 Å². The molecule has 0 saturated carbocycles. The quantitative estimate of drug-likeness (QED) is 0.453. The number of ether oxygens (including phenoxy) is 3. The van der Waals surface area contributed by atoms with E-state index in [0.717, 1.165) is 22.4 Å². The highest BCUT2D eigenvalue weighted by atomic mass is 32.2. The lowest BCUT2D eigenvalue weighted by molar-refractivity contribution is -0.119. The molecular formula is C27H28N2O6S. The maximum atomic E-state index is 12.6. The van der Waals surface area contributed by atoms with Crippen molar-refractivity contribution in [2.45, 2.75) is 24.5 Å². The van der Waals surface area contributed by atoms with Gasteiger partial charge in [0, 0.05) is 6.54 Å². The number of nitrogens with two attached hydrogens (primary N) is 1. The highest BCUT2D eigenvalue weighted by Crippen LogP contribution is 2.27. The summed E-state index contributed by atoms with van der Waals surface area (Å²) in [5.41, 5.74) is 8.43. The summed E-state index contributed by atoms with van der Waals surface area (Å²) >= 11 is 0. The molecule has 0 spiro atoms. The molecule has 0 aromatic heterocycles.